The number of unbranched alkanes of at least 4 members (excludes halogenated alkanes) is 1. The van der Waals surface area contributed by atoms with E-state index in [-0.39, 0.29) is 23.8 Å². The van der Waals surface area contributed by atoms with Crippen LogP contribution in [-0.2, 0) is 9.59 Å². The second-order valence-electron chi connectivity index (χ2n) is 6.39. The van der Waals surface area contributed by atoms with Crippen molar-refractivity contribution in [1.82, 2.24) is 10.6 Å². The van der Waals surface area contributed by atoms with Crippen LogP contribution in [0.2, 0.25) is 0 Å². The molecule has 0 spiro atoms. The van der Waals surface area contributed by atoms with E-state index in [9.17, 15) is 9.59 Å². The SMILES string of the molecule is CCCCNC(=O)C1(NC(=O)C(C)C(C)N)CCCCC1. The van der Waals surface area contributed by atoms with Gasteiger partial charge in [-0.15, -0.1) is 0 Å². The first kappa shape index (κ1) is 18.0. The van der Waals surface area contributed by atoms with Gasteiger partial charge in [-0.25, -0.2) is 0 Å². The molecule has 4 N–H and O–H groups in total. The van der Waals surface area contributed by atoms with Crippen LogP contribution in [0.4, 0.5) is 0 Å². The maximum Gasteiger partial charge on any atom is 0.245 e. The van der Waals surface area contributed by atoms with E-state index in [0.29, 0.717) is 6.54 Å². The Hall–Kier alpha value is -1.10. The minimum atomic E-state index is -0.730. The minimum Gasteiger partial charge on any atom is -0.354 e. The number of nitrogens with one attached hydrogen (secondary N) is 2. The second kappa shape index (κ2) is 8.37. The van der Waals surface area contributed by atoms with Crippen LogP contribution in [0.1, 0.15) is 65.7 Å². The minimum absolute atomic E-state index is 0.0270. The zero-order chi connectivity index (χ0) is 15.9. The molecule has 0 bridgehead atoms. The molecule has 1 aliphatic carbocycles. The molecular formula is C16H31N3O2. The molecular weight excluding hydrogens is 266 g/mol. The van der Waals surface area contributed by atoms with E-state index in [1.807, 2.05) is 13.8 Å². The van der Waals surface area contributed by atoms with Gasteiger partial charge in [0.15, 0.2) is 0 Å². The molecule has 2 amide bonds. The molecule has 1 saturated carbocycles. The van der Waals surface area contributed by atoms with Crippen molar-refractivity contribution in [3.8, 4) is 0 Å². The maximum atomic E-state index is 12.6. The number of hydrogen-bond donors (Lipinski definition) is 3. The van der Waals surface area contributed by atoms with Gasteiger partial charge in [0.05, 0.1) is 0 Å². The molecule has 2 atom stereocenters. The molecule has 0 heterocycles. The van der Waals surface area contributed by atoms with Crippen LogP contribution in [-0.4, -0.2) is 29.9 Å². The fourth-order valence-corrected chi connectivity index (χ4v) is 2.70. The predicted octanol–water partition coefficient (Wildman–Crippen LogP) is 1.71. The van der Waals surface area contributed by atoms with Crippen LogP contribution in [0, 0.1) is 5.92 Å². The molecule has 0 aromatic carbocycles. The zero-order valence-corrected chi connectivity index (χ0v) is 13.7. The summed E-state index contributed by atoms with van der Waals surface area (Å²) < 4.78 is 0. The van der Waals surface area contributed by atoms with Gasteiger partial charge in [0.2, 0.25) is 11.8 Å². The molecule has 1 fully saturated rings. The third kappa shape index (κ3) is 4.99. The largest absolute Gasteiger partial charge is 0.354 e. The Labute approximate surface area is 128 Å². The van der Waals surface area contributed by atoms with Gasteiger partial charge in [0.1, 0.15) is 5.54 Å². The summed E-state index contributed by atoms with van der Waals surface area (Å²) in [6, 6.07) is -0.214. The van der Waals surface area contributed by atoms with Crippen LogP contribution in [0.3, 0.4) is 0 Å². The lowest BCUT2D eigenvalue weighted by Crippen LogP contribution is -2.61. The molecule has 5 nitrogen and oxygen atoms in total. The first-order valence-corrected chi connectivity index (χ1v) is 8.29. The standard InChI is InChI=1S/C16H31N3O2/c1-4-5-11-18-15(21)16(9-7-6-8-10-16)19-14(20)12(2)13(3)17/h12-13H,4-11,17H2,1-3H3,(H,18,21)(H,19,20). The summed E-state index contributed by atoms with van der Waals surface area (Å²) in [6.07, 6.45) is 6.54. The first-order chi connectivity index (χ1) is 9.93. The van der Waals surface area contributed by atoms with Crippen LogP contribution in [0.15, 0.2) is 0 Å². The number of carbonyl (C=O) groups is 2. The summed E-state index contributed by atoms with van der Waals surface area (Å²) in [5.41, 5.74) is 5.07. The van der Waals surface area contributed by atoms with Crippen molar-refractivity contribution < 1.29 is 9.59 Å². The summed E-state index contributed by atoms with van der Waals surface area (Å²) in [4.78, 5) is 24.9. The highest BCUT2D eigenvalue weighted by Crippen LogP contribution is 2.29. The van der Waals surface area contributed by atoms with Crippen molar-refractivity contribution in [2.24, 2.45) is 11.7 Å². The molecule has 1 aliphatic rings. The Balaban J connectivity index is 2.74. The molecule has 0 saturated heterocycles. The van der Waals surface area contributed by atoms with Gasteiger partial charge in [0.25, 0.3) is 0 Å². The van der Waals surface area contributed by atoms with E-state index < -0.39 is 5.54 Å². The molecule has 0 aromatic heterocycles. The Kier molecular flexibility index (Phi) is 7.15. The van der Waals surface area contributed by atoms with Gasteiger partial charge < -0.3 is 16.4 Å². The summed E-state index contributed by atoms with van der Waals surface area (Å²) in [6.45, 7) is 6.40. The Morgan fingerprint density at radius 2 is 1.81 bits per heavy atom. The third-order valence-electron chi connectivity index (χ3n) is 4.52. The fourth-order valence-electron chi connectivity index (χ4n) is 2.70. The molecule has 0 aliphatic heterocycles. The average Bonchev–Trinajstić information content (AvgIpc) is 2.47. The number of amides is 2. The van der Waals surface area contributed by atoms with Gasteiger partial charge in [-0.05, 0) is 26.2 Å². The monoisotopic (exact) mass is 297 g/mol. The highest BCUT2D eigenvalue weighted by atomic mass is 16.2. The van der Waals surface area contributed by atoms with Crippen LogP contribution in [0.5, 0.6) is 0 Å². The predicted molar refractivity (Wildman–Crippen MR) is 84.7 cm³/mol. The van der Waals surface area contributed by atoms with Crippen LogP contribution < -0.4 is 16.4 Å². The van der Waals surface area contributed by atoms with Gasteiger partial charge in [-0.1, -0.05) is 39.5 Å². The summed E-state index contributed by atoms with van der Waals surface area (Å²) in [5.74, 6) is -0.425. The van der Waals surface area contributed by atoms with E-state index in [0.717, 1.165) is 44.9 Å². The van der Waals surface area contributed by atoms with E-state index in [4.69, 9.17) is 5.73 Å². The van der Waals surface area contributed by atoms with E-state index >= 15 is 0 Å². The van der Waals surface area contributed by atoms with Crippen molar-refractivity contribution >= 4 is 11.8 Å². The van der Waals surface area contributed by atoms with Crippen molar-refractivity contribution in [3.63, 3.8) is 0 Å². The number of rotatable bonds is 7. The van der Waals surface area contributed by atoms with Gasteiger partial charge in [-0.2, -0.15) is 0 Å². The van der Waals surface area contributed by atoms with Crippen molar-refractivity contribution in [2.75, 3.05) is 6.54 Å². The molecule has 21 heavy (non-hydrogen) atoms. The summed E-state index contributed by atoms with van der Waals surface area (Å²) >= 11 is 0. The quantitative estimate of drug-likeness (QED) is 0.625. The highest BCUT2D eigenvalue weighted by molar-refractivity contribution is 5.92. The van der Waals surface area contributed by atoms with Crippen LogP contribution in [0.25, 0.3) is 0 Å². The van der Waals surface area contributed by atoms with Gasteiger partial charge in [0, 0.05) is 18.5 Å². The number of nitrogens with two attached hydrogens (primary N) is 1. The number of hydrogen-bond acceptors (Lipinski definition) is 3. The molecule has 5 heteroatoms. The molecule has 2 unspecified atom stereocenters. The molecule has 122 valence electrons. The highest BCUT2D eigenvalue weighted by Gasteiger charge is 2.41. The lowest BCUT2D eigenvalue weighted by molar-refractivity contribution is -0.136. The smallest absolute Gasteiger partial charge is 0.245 e. The molecule has 0 aromatic rings. The lowest BCUT2D eigenvalue weighted by Gasteiger charge is -2.37. The fraction of sp³-hybridized carbons (Fsp3) is 0.875. The van der Waals surface area contributed by atoms with Crippen molar-refractivity contribution in [2.45, 2.75) is 77.3 Å². The Morgan fingerprint density at radius 1 is 1.19 bits per heavy atom. The van der Waals surface area contributed by atoms with Gasteiger partial charge in [-0.3, -0.25) is 9.59 Å². The van der Waals surface area contributed by atoms with E-state index in [2.05, 4.69) is 17.6 Å². The van der Waals surface area contributed by atoms with Gasteiger partial charge >= 0.3 is 0 Å². The third-order valence-corrected chi connectivity index (χ3v) is 4.52. The topological polar surface area (TPSA) is 84.2 Å². The maximum absolute atomic E-state index is 12.6. The number of carbonyl (C=O) groups excluding carboxylic acids is 2. The van der Waals surface area contributed by atoms with Crippen LogP contribution >= 0.6 is 0 Å². The second-order valence-corrected chi connectivity index (χ2v) is 6.39. The van der Waals surface area contributed by atoms with Crippen molar-refractivity contribution in [1.29, 1.82) is 0 Å². The first-order valence-electron chi connectivity index (χ1n) is 8.29. The average molecular weight is 297 g/mol. The Morgan fingerprint density at radius 3 is 2.33 bits per heavy atom. The van der Waals surface area contributed by atoms with E-state index in [1.165, 1.54) is 0 Å². The Bertz CT molecular complexity index is 349. The van der Waals surface area contributed by atoms with E-state index in [1.54, 1.807) is 0 Å². The normalized spacial score (nSPS) is 20.4. The summed E-state index contributed by atoms with van der Waals surface area (Å²) in [7, 11) is 0. The zero-order valence-electron chi connectivity index (χ0n) is 13.7. The molecule has 0 radical (unpaired) electrons. The summed E-state index contributed by atoms with van der Waals surface area (Å²) in [5, 5.41) is 5.99. The lowest BCUT2D eigenvalue weighted by atomic mass is 9.80. The van der Waals surface area contributed by atoms with Crippen molar-refractivity contribution in [3.05, 3.63) is 0 Å². The molecule has 1 rings (SSSR count).